The van der Waals surface area contributed by atoms with Crippen LogP contribution in [-0.4, -0.2) is 15.2 Å². The second kappa shape index (κ2) is 4.38. The molecule has 1 aliphatic heterocycles. The predicted molar refractivity (Wildman–Crippen MR) is 70.7 cm³/mol. The average molecular weight is 232 g/mol. The van der Waals surface area contributed by atoms with Crippen molar-refractivity contribution in [2.75, 3.05) is 0 Å². The molecule has 2 rings (SSSR count). The number of para-hydroxylation sites is 2. The molecule has 0 N–H and O–H groups in total. The molecule has 0 spiro atoms. The molecule has 0 saturated heterocycles. The van der Waals surface area contributed by atoms with Crippen LogP contribution in [0.15, 0.2) is 36.0 Å². The molecule has 1 aromatic carbocycles. The van der Waals surface area contributed by atoms with Gasteiger partial charge in [-0.15, -0.1) is 0 Å². The summed E-state index contributed by atoms with van der Waals surface area (Å²) in [6, 6.07) is 7.81. The second-order valence-corrected chi connectivity index (χ2v) is 10.2. The number of hydrogen-bond donors (Lipinski definition) is 0. The van der Waals surface area contributed by atoms with E-state index in [1.807, 2.05) is 24.3 Å². The quantitative estimate of drug-likeness (QED) is 0.744. The molecule has 0 unspecified atom stereocenters. The van der Waals surface area contributed by atoms with E-state index >= 15 is 0 Å². The maximum absolute atomic E-state index is 5.66. The minimum atomic E-state index is -1.10. The summed E-state index contributed by atoms with van der Waals surface area (Å²) in [5.74, 6) is 1.71. The van der Waals surface area contributed by atoms with E-state index in [-0.39, 0.29) is 7.12 Å². The van der Waals surface area contributed by atoms with Crippen LogP contribution >= 0.6 is 0 Å². The summed E-state index contributed by atoms with van der Waals surface area (Å²) in [4.78, 5) is 0. The smallest absolute Gasteiger partial charge is 0.523 e. The topological polar surface area (TPSA) is 18.5 Å². The van der Waals surface area contributed by atoms with Crippen LogP contribution in [-0.2, 0) is 0 Å². The Morgan fingerprint density at radius 2 is 1.69 bits per heavy atom. The summed E-state index contributed by atoms with van der Waals surface area (Å²) in [6.45, 7) is 6.94. The highest BCUT2D eigenvalue weighted by Crippen LogP contribution is 2.33. The van der Waals surface area contributed by atoms with Crippen molar-refractivity contribution in [3.8, 4) is 11.5 Å². The Balaban J connectivity index is 1.91. The largest absolute Gasteiger partial charge is 0.598 e. The van der Waals surface area contributed by atoms with E-state index in [2.05, 4.69) is 31.4 Å². The maximum Gasteiger partial charge on any atom is 0.598 e. The van der Waals surface area contributed by atoms with Crippen LogP contribution in [0.2, 0.25) is 26.0 Å². The van der Waals surface area contributed by atoms with Crippen molar-refractivity contribution in [2.24, 2.45) is 0 Å². The highest BCUT2D eigenvalue weighted by Gasteiger charge is 2.29. The van der Waals surface area contributed by atoms with Crippen LogP contribution in [0.3, 0.4) is 0 Å². The normalized spacial score (nSPS) is 14.8. The molecular formula is C12H17BO2Si. The molecular weight excluding hydrogens is 215 g/mol. The van der Waals surface area contributed by atoms with E-state index in [4.69, 9.17) is 9.31 Å². The lowest BCUT2D eigenvalue weighted by atomic mass is 9.85. The van der Waals surface area contributed by atoms with E-state index in [9.17, 15) is 0 Å². The molecule has 0 saturated carbocycles. The zero-order chi connectivity index (χ0) is 11.6. The molecule has 0 aromatic heterocycles. The summed E-state index contributed by atoms with van der Waals surface area (Å²) in [7, 11) is -1.25. The number of allylic oxidation sites excluding steroid dienone is 1. The van der Waals surface area contributed by atoms with Gasteiger partial charge in [-0.2, -0.15) is 0 Å². The van der Waals surface area contributed by atoms with Crippen LogP contribution in [0.4, 0.5) is 0 Å². The minimum absolute atomic E-state index is 0.148. The van der Waals surface area contributed by atoms with Gasteiger partial charge >= 0.3 is 7.12 Å². The number of fused-ring (bicyclic) bond motifs is 1. The summed E-state index contributed by atoms with van der Waals surface area (Å²) in [5, 5.41) is 0. The number of hydrogen-bond acceptors (Lipinski definition) is 2. The van der Waals surface area contributed by atoms with Gasteiger partial charge in [-0.3, -0.25) is 0 Å². The summed E-state index contributed by atoms with van der Waals surface area (Å²) < 4.78 is 11.3. The number of rotatable bonds is 3. The summed E-state index contributed by atoms with van der Waals surface area (Å²) in [6.07, 6.45) is 3.00. The lowest BCUT2D eigenvalue weighted by Gasteiger charge is -2.08. The van der Waals surface area contributed by atoms with Crippen molar-refractivity contribution < 1.29 is 9.31 Å². The van der Waals surface area contributed by atoms with Gasteiger partial charge in [-0.05, 0) is 12.1 Å². The molecule has 0 atom stereocenters. The SMILES string of the molecule is C[Si](C)(C)/C=C/CB1Oc2ccccc2O1. The molecule has 4 heteroatoms. The molecule has 1 aromatic rings. The lowest BCUT2D eigenvalue weighted by Crippen LogP contribution is -2.23. The Morgan fingerprint density at radius 1 is 1.12 bits per heavy atom. The Kier molecular flexibility index (Phi) is 3.10. The second-order valence-electron chi connectivity index (χ2n) is 5.12. The molecule has 0 aliphatic carbocycles. The Morgan fingerprint density at radius 3 is 2.19 bits per heavy atom. The molecule has 0 amide bonds. The Labute approximate surface area is 98.4 Å². The fraction of sp³-hybridized carbons (Fsp3) is 0.333. The fourth-order valence-electron chi connectivity index (χ4n) is 1.58. The first kappa shape index (κ1) is 11.3. The Bertz CT molecular complexity index is 373. The van der Waals surface area contributed by atoms with Crippen molar-refractivity contribution in [2.45, 2.75) is 26.0 Å². The van der Waals surface area contributed by atoms with Crippen LogP contribution in [0.25, 0.3) is 0 Å². The highest BCUT2D eigenvalue weighted by atomic mass is 28.3. The molecule has 0 radical (unpaired) electrons. The van der Waals surface area contributed by atoms with Gasteiger partial charge in [0.25, 0.3) is 0 Å². The van der Waals surface area contributed by atoms with Crippen molar-refractivity contribution in [1.29, 1.82) is 0 Å². The molecule has 16 heavy (non-hydrogen) atoms. The van der Waals surface area contributed by atoms with E-state index in [1.54, 1.807) is 0 Å². The molecule has 84 valence electrons. The van der Waals surface area contributed by atoms with Gasteiger partial charge in [0, 0.05) is 6.32 Å². The average Bonchev–Trinajstić information content (AvgIpc) is 2.57. The van der Waals surface area contributed by atoms with Crippen LogP contribution in [0, 0.1) is 0 Å². The monoisotopic (exact) mass is 232 g/mol. The van der Waals surface area contributed by atoms with E-state index < -0.39 is 8.07 Å². The van der Waals surface area contributed by atoms with Crippen molar-refractivity contribution in [3.05, 3.63) is 36.0 Å². The minimum Gasteiger partial charge on any atom is -0.523 e. The van der Waals surface area contributed by atoms with Gasteiger partial charge in [-0.1, -0.05) is 43.5 Å². The van der Waals surface area contributed by atoms with Gasteiger partial charge < -0.3 is 9.31 Å². The Hall–Kier alpha value is -1.16. The van der Waals surface area contributed by atoms with E-state index in [0.29, 0.717) is 0 Å². The molecule has 2 nitrogen and oxygen atoms in total. The van der Waals surface area contributed by atoms with Crippen molar-refractivity contribution >= 4 is 15.2 Å². The first-order chi connectivity index (χ1) is 7.54. The van der Waals surface area contributed by atoms with Gasteiger partial charge in [0.15, 0.2) is 0 Å². The maximum atomic E-state index is 5.66. The number of benzene rings is 1. The highest BCUT2D eigenvalue weighted by molar-refractivity contribution is 6.81. The molecule has 0 bridgehead atoms. The third-order valence-electron chi connectivity index (χ3n) is 2.31. The molecule has 0 fully saturated rings. The van der Waals surface area contributed by atoms with Crippen LogP contribution < -0.4 is 9.31 Å². The van der Waals surface area contributed by atoms with Gasteiger partial charge in [0.2, 0.25) is 0 Å². The van der Waals surface area contributed by atoms with Crippen LogP contribution in [0.5, 0.6) is 11.5 Å². The fourth-order valence-corrected chi connectivity index (χ4v) is 2.42. The van der Waals surface area contributed by atoms with Crippen molar-refractivity contribution in [1.82, 2.24) is 0 Å². The van der Waals surface area contributed by atoms with Gasteiger partial charge in [-0.25, -0.2) is 0 Å². The first-order valence-electron chi connectivity index (χ1n) is 5.65. The molecule has 1 heterocycles. The third-order valence-corrected chi connectivity index (χ3v) is 3.55. The summed E-state index contributed by atoms with van der Waals surface area (Å²) >= 11 is 0. The lowest BCUT2D eigenvalue weighted by molar-refractivity contribution is 0.503. The van der Waals surface area contributed by atoms with Crippen molar-refractivity contribution in [3.63, 3.8) is 0 Å². The standard InChI is InChI=1S/C12H17BO2Si/c1-16(2,3)10-6-9-13-14-11-7-4-5-8-12(11)15-13/h4-8,10H,9H2,1-3H3/b10-6+. The summed E-state index contributed by atoms with van der Waals surface area (Å²) in [5.41, 5.74) is 2.32. The first-order valence-corrected chi connectivity index (χ1v) is 9.22. The van der Waals surface area contributed by atoms with Crippen LogP contribution in [0.1, 0.15) is 0 Å². The predicted octanol–water partition coefficient (Wildman–Crippen LogP) is 3.38. The zero-order valence-corrected chi connectivity index (χ0v) is 11.1. The van der Waals surface area contributed by atoms with E-state index in [0.717, 1.165) is 17.8 Å². The van der Waals surface area contributed by atoms with Gasteiger partial charge in [0.1, 0.15) is 11.5 Å². The third kappa shape index (κ3) is 2.92. The van der Waals surface area contributed by atoms with E-state index in [1.165, 1.54) is 0 Å². The zero-order valence-electron chi connectivity index (χ0n) is 10.1. The van der Waals surface area contributed by atoms with Gasteiger partial charge in [0.05, 0.1) is 8.07 Å². The molecule has 1 aliphatic rings.